The molecule has 1 N–H and O–H groups in total. The molecular weight excluding hydrogens is 324 g/mol. The van der Waals surface area contributed by atoms with Gasteiger partial charge in [-0.1, -0.05) is 18.2 Å². The molecule has 1 aromatic carbocycles. The molecule has 0 amide bonds. The van der Waals surface area contributed by atoms with Crippen LogP contribution in [0.15, 0.2) is 18.2 Å². The smallest absolute Gasteiger partial charge is 0.303 e. The third kappa shape index (κ3) is 8.79. The Kier molecular flexibility index (Phi) is 9.14. The molecule has 6 heteroatoms. The molecule has 0 aliphatic rings. The lowest BCUT2D eigenvalue weighted by Gasteiger charge is -2.09. The largest absolute Gasteiger partial charge is 0.481 e. The highest BCUT2D eigenvalue weighted by Crippen LogP contribution is 2.15. The van der Waals surface area contributed by atoms with Crippen LogP contribution in [0.2, 0.25) is 0 Å². The highest BCUT2D eigenvalue weighted by Gasteiger charge is 2.10. The van der Waals surface area contributed by atoms with Crippen molar-refractivity contribution in [2.45, 2.75) is 51.9 Å². The average molecular weight is 348 g/mol. The summed E-state index contributed by atoms with van der Waals surface area (Å²) in [6.07, 6.45) is 1.94. The van der Waals surface area contributed by atoms with Crippen molar-refractivity contribution in [2.24, 2.45) is 0 Å². The van der Waals surface area contributed by atoms with Gasteiger partial charge in [-0.3, -0.25) is 19.2 Å². The quantitative estimate of drug-likeness (QED) is 0.434. The van der Waals surface area contributed by atoms with Gasteiger partial charge in [0.25, 0.3) is 6.47 Å². The number of carboxylic acid groups (broad SMARTS) is 1. The number of hydrogen-bond donors (Lipinski definition) is 1. The van der Waals surface area contributed by atoms with Crippen molar-refractivity contribution in [2.75, 3.05) is 6.61 Å². The first kappa shape index (κ1) is 20.5. The minimum atomic E-state index is -0.900. The zero-order chi connectivity index (χ0) is 18.7. The molecule has 1 rings (SSSR count). The zero-order valence-corrected chi connectivity index (χ0v) is 14.5. The van der Waals surface area contributed by atoms with Gasteiger partial charge in [0.15, 0.2) is 0 Å². The van der Waals surface area contributed by atoms with E-state index in [0.717, 1.165) is 16.7 Å². The number of hydrogen-bond acceptors (Lipinski definition) is 5. The summed E-state index contributed by atoms with van der Waals surface area (Å²) < 4.78 is 4.56. The molecule has 0 fully saturated rings. The highest BCUT2D eigenvalue weighted by molar-refractivity contribution is 5.82. The number of ether oxygens (including phenoxy) is 1. The molecular formula is C19H24O6. The highest BCUT2D eigenvalue weighted by atomic mass is 16.5. The van der Waals surface area contributed by atoms with Crippen LogP contribution in [0.4, 0.5) is 0 Å². The molecule has 0 unspecified atom stereocenters. The fourth-order valence-corrected chi connectivity index (χ4v) is 2.48. The first-order valence-corrected chi connectivity index (χ1v) is 8.31. The monoisotopic (exact) mass is 348 g/mol. The standard InChI is InChI=1S/C19H24O6/c1-14-7-8-15(11-17(21)4-2-6-19(23)24)10-16(14)12-18(22)5-3-9-25-13-20/h7-8,10,13H,2-6,9,11-12H2,1H3,(H,23,24). The molecule has 0 bridgehead atoms. The third-order valence-electron chi connectivity index (χ3n) is 3.83. The van der Waals surface area contributed by atoms with E-state index in [-0.39, 0.29) is 43.9 Å². The summed E-state index contributed by atoms with van der Waals surface area (Å²) >= 11 is 0. The van der Waals surface area contributed by atoms with E-state index < -0.39 is 5.97 Å². The number of carbonyl (C=O) groups excluding carboxylic acids is 3. The second kappa shape index (κ2) is 11.1. The predicted octanol–water partition coefficient (Wildman–Crippen LogP) is 2.43. The fraction of sp³-hybridized carbons (Fsp3) is 0.474. The molecule has 1 aromatic rings. The van der Waals surface area contributed by atoms with Crippen LogP contribution in [-0.2, 0) is 36.8 Å². The van der Waals surface area contributed by atoms with E-state index in [0.29, 0.717) is 25.7 Å². The van der Waals surface area contributed by atoms with E-state index in [2.05, 4.69) is 4.74 Å². The second-order valence-electron chi connectivity index (χ2n) is 6.01. The van der Waals surface area contributed by atoms with E-state index in [1.54, 1.807) is 0 Å². The number of ketones is 2. The van der Waals surface area contributed by atoms with Crippen LogP contribution in [-0.4, -0.2) is 35.7 Å². The van der Waals surface area contributed by atoms with Crippen molar-refractivity contribution in [1.29, 1.82) is 0 Å². The lowest BCUT2D eigenvalue weighted by molar-refractivity contribution is -0.137. The minimum absolute atomic E-state index is 0.00612. The van der Waals surface area contributed by atoms with Crippen molar-refractivity contribution >= 4 is 24.0 Å². The molecule has 0 spiro atoms. The van der Waals surface area contributed by atoms with Gasteiger partial charge in [0.1, 0.15) is 11.6 Å². The molecule has 0 heterocycles. The van der Waals surface area contributed by atoms with E-state index in [9.17, 15) is 19.2 Å². The average Bonchev–Trinajstić information content (AvgIpc) is 2.54. The number of Topliss-reactive ketones (excluding diaryl/α,β-unsaturated/α-hetero) is 2. The van der Waals surface area contributed by atoms with Crippen LogP contribution in [0.1, 0.15) is 48.8 Å². The Labute approximate surface area is 147 Å². The summed E-state index contributed by atoms with van der Waals surface area (Å²) in [5.41, 5.74) is 2.70. The molecule has 136 valence electrons. The molecule has 0 saturated carbocycles. The van der Waals surface area contributed by atoms with Gasteiger partial charge in [-0.15, -0.1) is 0 Å². The van der Waals surface area contributed by atoms with Crippen LogP contribution >= 0.6 is 0 Å². The van der Waals surface area contributed by atoms with E-state index in [4.69, 9.17) is 5.11 Å². The van der Waals surface area contributed by atoms with Gasteiger partial charge in [0, 0.05) is 32.1 Å². The number of aliphatic carboxylic acids is 1. The van der Waals surface area contributed by atoms with Gasteiger partial charge < -0.3 is 9.84 Å². The summed E-state index contributed by atoms with van der Waals surface area (Å²) in [4.78, 5) is 44.4. The van der Waals surface area contributed by atoms with Gasteiger partial charge in [0.05, 0.1) is 6.61 Å². The van der Waals surface area contributed by atoms with E-state index >= 15 is 0 Å². The maximum absolute atomic E-state index is 12.0. The summed E-state index contributed by atoms with van der Waals surface area (Å²) in [5, 5.41) is 8.59. The maximum atomic E-state index is 12.0. The Morgan fingerprint density at radius 3 is 2.40 bits per heavy atom. The topological polar surface area (TPSA) is 97.7 Å². The number of carbonyl (C=O) groups is 4. The number of rotatable bonds is 13. The van der Waals surface area contributed by atoms with Gasteiger partial charge in [-0.2, -0.15) is 0 Å². The number of carboxylic acids is 1. The normalized spacial score (nSPS) is 10.3. The Balaban J connectivity index is 2.54. The third-order valence-corrected chi connectivity index (χ3v) is 3.83. The number of benzene rings is 1. The summed E-state index contributed by atoms with van der Waals surface area (Å²) in [6.45, 7) is 2.52. The van der Waals surface area contributed by atoms with Crippen LogP contribution in [0.3, 0.4) is 0 Å². The molecule has 0 aliphatic heterocycles. The summed E-state index contributed by atoms with van der Waals surface area (Å²) in [6, 6.07) is 5.61. The molecule has 0 aliphatic carbocycles. The fourth-order valence-electron chi connectivity index (χ4n) is 2.48. The summed E-state index contributed by atoms with van der Waals surface area (Å²) in [5.74, 6) is -0.849. The first-order valence-electron chi connectivity index (χ1n) is 8.31. The first-order chi connectivity index (χ1) is 11.9. The van der Waals surface area contributed by atoms with Crippen LogP contribution in [0.5, 0.6) is 0 Å². The molecule has 25 heavy (non-hydrogen) atoms. The van der Waals surface area contributed by atoms with Gasteiger partial charge in [-0.25, -0.2) is 0 Å². The Morgan fingerprint density at radius 2 is 1.72 bits per heavy atom. The van der Waals surface area contributed by atoms with E-state index in [1.165, 1.54) is 0 Å². The summed E-state index contributed by atoms with van der Waals surface area (Å²) in [7, 11) is 0. The van der Waals surface area contributed by atoms with Gasteiger partial charge in [-0.05, 0) is 36.5 Å². The van der Waals surface area contributed by atoms with Crippen LogP contribution < -0.4 is 0 Å². The Bertz CT molecular complexity index is 620. The van der Waals surface area contributed by atoms with Crippen molar-refractivity contribution < 1.29 is 29.0 Å². The van der Waals surface area contributed by atoms with Crippen molar-refractivity contribution in [3.63, 3.8) is 0 Å². The SMILES string of the molecule is Cc1ccc(CC(=O)CCCC(=O)O)cc1CC(=O)CCCOC=O. The van der Waals surface area contributed by atoms with Crippen molar-refractivity contribution in [3.8, 4) is 0 Å². The molecule has 0 aromatic heterocycles. The molecule has 0 atom stereocenters. The lowest BCUT2D eigenvalue weighted by atomic mass is 9.96. The maximum Gasteiger partial charge on any atom is 0.303 e. The van der Waals surface area contributed by atoms with Crippen molar-refractivity contribution in [1.82, 2.24) is 0 Å². The molecule has 6 nitrogen and oxygen atoms in total. The lowest BCUT2D eigenvalue weighted by Crippen LogP contribution is -2.08. The van der Waals surface area contributed by atoms with Gasteiger partial charge >= 0.3 is 5.97 Å². The minimum Gasteiger partial charge on any atom is -0.481 e. The Hall–Kier alpha value is -2.50. The number of aryl methyl sites for hydroxylation is 1. The molecule has 0 radical (unpaired) electrons. The van der Waals surface area contributed by atoms with Crippen LogP contribution in [0.25, 0.3) is 0 Å². The van der Waals surface area contributed by atoms with Gasteiger partial charge in [0.2, 0.25) is 0 Å². The van der Waals surface area contributed by atoms with Crippen molar-refractivity contribution in [3.05, 3.63) is 34.9 Å². The Morgan fingerprint density at radius 1 is 1.04 bits per heavy atom. The van der Waals surface area contributed by atoms with E-state index in [1.807, 2.05) is 25.1 Å². The second-order valence-corrected chi connectivity index (χ2v) is 6.01. The van der Waals surface area contributed by atoms with Crippen LogP contribution in [0, 0.1) is 6.92 Å². The zero-order valence-electron chi connectivity index (χ0n) is 14.5. The predicted molar refractivity (Wildman–Crippen MR) is 91.3 cm³/mol. The molecule has 0 saturated heterocycles.